The van der Waals surface area contributed by atoms with E-state index in [1.165, 1.54) is 0 Å². The SMILES string of the molecule is Cc1nc2ccc(C(=O)N3CC[C@@H](c4nc(-c5ncccn5)no4)C3)cc2s1. The Labute approximate surface area is 164 Å². The van der Waals surface area contributed by atoms with Crippen LogP contribution in [0.15, 0.2) is 41.2 Å². The number of thiazole rings is 1. The Balaban J connectivity index is 1.32. The summed E-state index contributed by atoms with van der Waals surface area (Å²) >= 11 is 1.60. The zero-order valence-corrected chi connectivity index (χ0v) is 15.9. The molecule has 0 N–H and O–H groups in total. The molecule has 28 heavy (non-hydrogen) atoms. The van der Waals surface area contributed by atoms with Crippen molar-refractivity contribution in [2.24, 2.45) is 0 Å². The second-order valence-electron chi connectivity index (χ2n) is 6.68. The van der Waals surface area contributed by atoms with E-state index in [0.717, 1.165) is 21.6 Å². The third-order valence-electron chi connectivity index (χ3n) is 4.77. The third kappa shape index (κ3) is 3.03. The van der Waals surface area contributed by atoms with Crippen LogP contribution in [0.4, 0.5) is 0 Å². The zero-order chi connectivity index (χ0) is 19.1. The van der Waals surface area contributed by atoms with Gasteiger partial charge in [0.2, 0.25) is 17.5 Å². The molecule has 1 atom stereocenters. The summed E-state index contributed by atoms with van der Waals surface area (Å²) in [5, 5.41) is 4.97. The number of benzene rings is 1. The van der Waals surface area contributed by atoms with Crippen LogP contribution in [0.3, 0.4) is 0 Å². The summed E-state index contributed by atoms with van der Waals surface area (Å²) < 4.78 is 6.44. The Kier molecular flexibility index (Phi) is 4.09. The normalized spacial score (nSPS) is 16.8. The predicted octanol–water partition coefficient (Wildman–Crippen LogP) is 3.07. The number of nitrogens with zero attached hydrogens (tertiary/aromatic N) is 6. The van der Waals surface area contributed by atoms with Crippen molar-refractivity contribution in [1.82, 2.24) is 30.0 Å². The van der Waals surface area contributed by atoms with Crippen molar-refractivity contribution in [2.45, 2.75) is 19.3 Å². The van der Waals surface area contributed by atoms with Crippen molar-refractivity contribution in [3.05, 3.63) is 53.1 Å². The summed E-state index contributed by atoms with van der Waals surface area (Å²) in [7, 11) is 0. The number of amides is 1. The molecule has 0 bridgehead atoms. The predicted molar refractivity (Wildman–Crippen MR) is 103 cm³/mol. The summed E-state index contributed by atoms with van der Waals surface area (Å²) in [6.07, 6.45) is 4.05. The molecule has 1 amide bonds. The topological polar surface area (TPSA) is 97.9 Å². The highest BCUT2D eigenvalue weighted by atomic mass is 32.1. The van der Waals surface area contributed by atoms with Crippen molar-refractivity contribution in [3.8, 4) is 11.6 Å². The second-order valence-corrected chi connectivity index (χ2v) is 7.92. The number of rotatable bonds is 3. The van der Waals surface area contributed by atoms with Gasteiger partial charge in [-0.25, -0.2) is 15.0 Å². The summed E-state index contributed by atoms with van der Waals surface area (Å²) in [6, 6.07) is 7.40. The molecule has 4 aromatic rings. The van der Waals surface area contributed by atoms with Crippen molar-refractivity contribution < 1.29 is 9.32 Å². The minimum Gasteiger partial charge on any atom is -0.338 e. The quantitative estimate of drug-likeness (QED) is 0.528. The Bertz CT molecular complexity index is 1160. The van der Waals surface area contributed by atoms with Gasteiger partial charge in [-0.1, -0.05) is 5.16 Å². The maximum absolute atomic E-state index is 12.9. The van der Waals surface area contributed by atoms with Gasteiger partial charge in [0.05, 0.1) is 21.1 Å². The molecule has 0 spiro atoms. The van der Waals surface area contributed by atoms with Crippen LogP contribution < -0.4 is 0 Å². The maximum atomic E-state index is 12.9. The average Bonchev–Trinajstić information content (AvgIpc) is 3.45. The fourth-order valence-corrected chi connectivity index (χ4v) is 4.27. The van der Waals surface area contributed by atoms with Gasteiger partial charge in [-0.15, -0.1) is 11.3 Å². The van der Waals surface area contributed by atoms with E-state index in [1.54, 1.807) is 29.8 Å². The summed E-state index contributed by atoms with van der Waals surface area (Å²) in [5.74, 6) is 1.35. The first-order chi connectivity index (χ1) is 13.7. The van der Waals surface area contributed by atoms with Crippen molar-refractivity contribution >= 4 is 27.5 Å². The molecular formula is C19H16N6O2S. The lowest BCUT2D eigenvalue weighted by molar-refractivity contribution is 0.0790. The molecule has 1 aromatic carbocycles. The van der Waals surface area contributed by atoms with Crippen LogP contribution in [0, 0.1) is 6.92 Å². The molecule has 0 aliphatic carbocycles. The van der Waals surface area contributed by atoms with Crippen LogP contribution in [0.5, 0.6) is 0 Å². The maximum Gasteiger partial charge on any atom is 0.253 e. The van der Waals surface area contributed by atoms with E-state index in [4.69, 9.17) is 4.52 Å². The monoisotopic (exact) mass is 392 g/mol. The molecule has 1 fully saturated rings. The molecule has 8 nitrogen and oxygen atoms in total. The van der Waals surface area contributed by atoms with Gasteiger partial charge in [-0.3, -0.25) is 4.79 Å². The van der Waals surface area contributed by atoms with Gasteiger partial charge in [0.25, 0.3) is 5.91 Å². The Hall–Kier alpha value is -3.20. The van der Waals surface area contributed by atoms with Gasteiger partial charge in [0.1, 0.15) is 0 Å². The third-order valence-corrected chi connectivity index (χ3v) is 5.71. The Morgan fingerprint density at radius 3 is 2.93 bits per heavy atom. The first kappa shape index (κ1) is 16.9. The van der Waals surface area contributed by atoms with Crippen molar-refractivity contribution in [2.75, 3.05) is 13.1 Å². The molecule has 1 aliphatic rings. The lowest BCUT2D eigenvalue weighted by Gasteiger charge is -2.15. The van der Waals surface area contributed by atoms with E-state index in [1.807, 2.05) is 30.0 Å². The number of aryl methyl sites for hydroxylation is 1. The number of fused-ring (bicyclic) bond motifs is 1. The lowest BCUT2D eigenvalue weighted by Crippen LogP contribution is -2.28. The van der Waals surface area contributed by atoms with Crippen LogP contribution in [0.1, 0.15) is 33.6 Å². The number of hydrogen-bond donors (Lipinski definition) is 0. The summed E-state index contributed by atoms with van der Waals surface area (Å²) in [4.78, 5) is 31.9. The number of aromatic nitrogens is 5. The van der Waals surface area contributed by atoms with Gasteiger partial charge in [-0.05, 0) is 37.6 Å². The van der Waals surface area contributed by atoms with Crippen LogP contribution in [0.2, 0.25) is 0 Å². The van der Waals surface area contributed by atoms with Crippen LogP contribution in [-0.2, 0) is 0 Å². The highest BCUT2D eigenvalue weighted by Gasteiger charge is 2.32. The minimum atomic E-state index is 0.0154. The van der Waals surface area contributed by atoms with Gasteiger partial charge in [0, 0.05) is 31.0 Å². The van der Waals surface area contributed by atoms with Gasteiger partial charge < -0.3 is 9.42 Å². The molecule has 1 aliphatic heterocycles. The van der Waals surface area contributed by atoms with E-state index in [2.05, 4.69) is 25.1 Å². The number of carbonyl (C=O) groups excluding carboxylic acids is 1. The first-order valence-corrected chi connectivity index (χ1v) is 9.76. The zero-order valence-electron chi connectivity index (χ0n) is 15.1. The van der Waals surface area contributed by atoms with E-state index < -0.39 is 0 Å². The van der Waals surface area contributed by atoms with E-state index in [-0.39, 0.29) is 11.8 Å². The Morgan fingerprint density at radius 1 is 1.21 bits per heavy atom. The van der Waals surface area contributed by atoms with Crippen molar-refractivity contribution in [1.29, 1.82) is 0 Å². The lowest BCUT2D eigenvalue weighted by atomic mass is 10.1. The van der Waals surface area contributed by atoms with E-state index in [9.17, 15) is 4.79 Å². The molecule has 4 heterocycles. The molecule has 9 heteroatoms. The average molecular weight is 392 g/mol. The summed E-state index contributed by atoms with van der Waals surface area (Å²) in [6.45, 7) is 3.18. The largest absolute Gasteiger partial charge is 0.338 e. The molecule has 0 radical (unpaired) electrons. The molecule has 3 aromatic heterocycles. The molecule has 0 unspecified atom stereocenters. The van der Waals surface area contributed by atoms with Crippen LogP contribution in [-0.4, -0.2) is 49.0 Å². The van der Waals surface area contributed by atoms with Gasteiger partial charge in [0.15, 0.2) is 0 Å². The fraction of sp³-hybridized carbons (Fsp3) is 0.263. The highest BCUT2D eigenvalue weighted by Crippen LogP contribution is 2.29. The molecular weight excluding hydrogens is 376 g/mol. The smallest absolute Gasteiger partial charge is 0.253 e. The summed E-state index contributed by atoms with van der Waals surface area (Å²) in [5.41, 5.74) is 1.61. The standard InChI is InChI=1S/C19H16N6O2S/c1-11-22-14-4-3-12(9-15(14)28-11)19(26)25-8-5-13(10-25)18-23-17(24-27-18)16-20-6-2-7-21-16/h2-4,6-7,9,13H,5,8,10H2,1H3/t13-/m1/s1. The molecule has 5 rings (SSSR count). The molecule has 0 saturated carbocycles. The molecule has 1 saturated heterocycles. The second kappa shape index (κ2) is 6.75. The van der Waals surface area contributed by atoms with Gasteiger partial charge >= 0.3 is 0 Å². The van der Waals surface area contributed by atoms with Crippen LogP contribution in [0.25, 0.3) is 21.9 Å². The van der Waals surface area contributed by atoms with Gasteiger partial charge in [-0.2, -0.15) is 4.98 Å². The van der Waals surface area contributed by atoms with Crippen LogP contribution >= 0.6 is 11.3 Å². The number of likely N-dealkylation sites (tertiary alicyclic amines) is 1. The molecule has 140 valence electrons. The number of carbonyl (C=O) groups is 1. The number of hydrogen-bond acceptors (Lipinski definition) is 8. The highest BCUT2D eigenvalue weighted by molar-refractivity contribution is 7.18. The first-order valence-electron chi connectivity index (χ1n) is 8.95. The van der Waals surface area contributed by atoms with Crippen molar-refractivity contribution in [3.63, 3.8) is 0 Å². The van der Waals surface area contributed by atoms with E-state index in [0.29, 0.717) is 36.2 Å². The fourth-order valence-electron chi connectivity index (χ4n) is 3.41. The minimum absolute atomic E-state index is 0.0154. The van der Waals surface area contributed by atoms with E-state index >= 15 is 0 Å². The Morgan fingerprint density at radius 2 is 2.07 bits per heavy atom.